The van der Waals surface area contributed by atoms with Gasteiger partial charge in [0, 0.05) is 6.61 Å². The van der Waals surface area contributed by atoms with Crippen LogP contribution in [0.25, 0.3) is 0 Å². The number of fused-ring (bicyclic) bond motifs is 5. The Bertz CT molecular complexity index is 597. The predicted molar refractivity (Wildman–Crippen MR) is 138 cm³/mol. The van der Waals surface area contributed by atoms with Crippen molar-refractivity contribution in [3.05, 3.63) is 0 Å². The summed E-state index contributed by atoms with van der Waals surface area (Å²) in [5.74, 6) is 6.78. The molecule has 0 aromatic rings. The Balaban J connectivity index is 1.39. The van der Waals surface area contributed by atoms with Crippen molar-refractivity contribution < 1.29 is 4.74 Å². The molecule has 0 saturated heterocycles. The first-order valence-corrected chi connectivity index (χ1v) is 14.9. The van der Waals surface area contributed by atoms with Gasteiger partial charge in [0.25, 0.3) is 0 Å². The molecule has 0 aromatic carbocycles. The Kier molecular flexibility index (Phi) is 8.06. The largest absolute Gasteiger partial charge is 0.378 e. The summed E-state index contributed by atoms with van der Waals surface area (Å²) in [6.45, 7) is 16.1. The molecule has 0 aliphatic heterocycles. The third-order valence-corrected chi connectivity index (χ3v) is 11.7. The molecule has 0 bridgehead atoms. The highest BCUT2D eigenvalue weighted by Gasteiger charge is 2.60. The number of ether oxygens (including phenoxy) is 1. The molecule has 0 radical (unpaired) electrons. The van der Waals surface area contributed by atoms with Crippen molar-refractivity contribution in [3.63, 3.8) is 0 Å². The molecule has 4 fully saturated rings. The van der Waals surface area contributed by atoms with Crippen molar-refractivity contribution in [2.75, 3.05) is 6.61 Å². The normalized spacial score (nSPS) is 44.7. The van der Waals surface area contributed by atoms with Gasteiger partial charge < -0.3 is 4.74 Å². The van der Waals surface area contributed by atoms with Gasteiger partial charge in [-0.25, -0.2) is 0 Å². The molecule has 0 heterocycles. The Labute approximate surface area is 201 Å². The van der Waals surface area contributed by atoms with Crippen molar-refractivity contribution in [1.29, 1.82) is 0 Å². The van der Waals surface area contributed by atoms with Gasteiger partial charge in [-0.1, -0.05) is 67.2 Å². The fraction of sp³-hybridized carbons (Fsp3) is 1.00. The molecular formula is C31H56O. The molecule has 0 aromatic heterocycles. The Morgan fingerprint density at radius 3 is 2.31 bits per heavy atom. The summed E-state index contributed by atoms with van der Waals surface area (Å²) in [5, 5.41) is 0. The summed E-state index contributed by atoms with van der Waals surface area (Å²) in [5.41, 5.74) is 1.25. The van der Waals surface area contributed by atoms with Crippen LogP contribution in [0.2, 0.25) is 0 Å². The van der Waals surface area contributed by atoms with Crippen LogP contribution in [-0.2, 0) is 4.74 Å². The minimum Gasteiger partial charge on any atom is -0.378 e. The van der Waals surface area contributed by atoms with Gasteiger partial charge in [0.2, 0.25) is 0 Å². The molecule has 0 amide bonds. The summed E-state index contributed by atoms with van der Waals surface area (Å²) in [6.07, 6.45) is 20.7. The number of unbranched alkanes of at least 4 members (excludes halogenated alkanes) is 1. The highest BCUT2D eigenvalue weighted by Crippen LogP contribution is 2.68. The zero-order chi connectivity index (χ0) is 22.9. The van der Waals surface area contributed by atoms with Crippen LogP contribution in [0.3, 0.4) is 0 Å². The smallest absolute Gasteiger partial charge is 0.0578 e. The lowest BCUT2D eigenvalue weighted by Gasteiger charge is -2.61. The molecule has 0 unspecified atom stereocenters. The lowest BCUT2D eigenvalue weighted by molar-refractivity contribution is -0.136. The molecule has 1 heteroatoms. The lowest BCUT2D eigenvalue weighted by Crippen LogP contribution is -2.54. The molecule has 9 atom stereocenters. The molecule has 0 N–H and O–H groups in total. The summed E-state index contributed by atoms with van der Waals surface area (Å²) in [6, 6.07) is 0. The van der Waals surface area contributed by atoms with Gasteiger partial charge in [-0.2, -0.15) is 0 Å². The summed E-state index contributed by atoms with van der Waals surface area (Å²) in [7, 11) is 0. The van der Waals surface area contributed by atoms with Gasteiger partial charge in [0.1, 0.15) is 0 Å². The molecule has 32 heavy (non-hydrogen) atoms. The number of rotatable bonds is 9. The van der Waals surface area contributed by atoms with E-state index in [1.54, 1.807) is 6.42 Å². The Morgan fingerprint density at radius 1 is 0.812 bits per heavy atom. The highest BCUT2D eigenvalue weighted by atomic mass is 16.5. The summed E-state index contributed by atoms with van der Waals surface area (Å²) >= 11 is 0. The lowest BCUT2D eigenvalue weighted by atomic mass is 9.44. The standard InChI is InChI=1S/C31H56O/c1-7-8-20-32-25-16-18-30(5)24(21-25)12-13-26-28-15-14-27(23(4)11-9-10-22(2)3)31(28,6)19-17-29(26)30/h22-29H,7-21H2,1-6H3/t23-,24-,25+,26+,27-,28+,29+,30+,31-/m1/s1. The van der Waals surface area contributed by atoms with Gasteiger partial charge in [-0.05, 0) is 116 Å². The van der Waals surface area contributed by atoms with Gasteiger partial charge in [-0.15, -0.1) is 0 Å². The van der Waals surface area contributed by atoms with E-state index in [0.717, 1.165) is 48.0 Å². The van der Waals surface area contributed by atoms with Crippen LogP contribution in [0, 0.1) is 52.3 Å². The minimum absolute atomic E-state index is 0.563. The average molecular weight is 445 g/mol. The quantitative estimate of drug-likeness (QED) is 0.322. The molecule has 0 spiro atoms. The van der Waals surface area contributed by atoms with Gasteiger partial charge in [0.15, 0.2) is 0 Å². The van der Waals surface area contributed by atoms with Gasteiger partial charge >= 0.3 is 0 Å². The molecule has 4 saturated carbocycles. The maximum absolute atomic E-state index is 6.33. The van der Waals surface area contributed by atoms with E-state index in [2.05, 4.69) is 41.5 Å². The zero-order valence-electron chi connectivity index (χ0n) is 22.6. The first-order valence-electron chi connectivity index (χ1n) is 14.9. The van der Waals surface area contributed by atoms with Crippen molar-refractivity contribution in [2.45, 2.75) is 138 Å². The zero-order valence-corrected chi connectivity index (χ0v) is 22.6. The SMILES string of the molecule is CCCCO[C@H]1CC[C@@]2(C)[C@H](CC[C@@H]3[C@@H]2CC[C@]2(C)[C@@H]([C@H](C)CCCC(C)C)CC[C@@H]32)C1. The predicted octanol–water partition coefficient (Wildman–Crippen LogP) is 9.29. The first kappa shape index (κ1) is 25.1. The van der Waals surface area contributed by atoms with Crippen molar-refractivity contribution in [3.8, 4) is 0 Å². The third-order valence-electron chi connectivity index (χ3n) is 11.7. The second kappa shape index (κ2) is 10.3. The van der Waals surface area contributed by atoms with Crippen LogP contribution in [-0.4, -0.2) is 12.7 Å². The fourth-order valence-corrected chi connectivity index (χ4v) is 9.79. The first-order chi connectivity index (χ1) is 15.3. The third kappa shape index (κ3) is 4.72. The van der Waals surface area contributed by atoms with E-state index in [0.29, 0.717) is 16.9 Å². The van der Waals surface area contributed by atoms with Crippen molar-refractivity contribution in [2.24, 2.45) is 52.3 Å². The Hall–Kier alpha value is -0.0400. The highest BCUT2D eigenvalue weighted by molar-refractivity contribution is 5.09. The molecular weight excluding hydrogens is 388 g/mol. The molecule has 4 aliphatic rings. The molecule has 4 aliphatic carbocycles. The van der Waals surface area contributed by atoms with E-state index in [-0.39, 0.29) is 0 Å². The van der Waals surface area contributed by atoms with E-state index in [9.17, 15) is 0 Å². The van der Waals surface area contributed by atoms with Crippen molar-refractivity contribution in [1.82, 2.24) is 0 Å². The van der Waals surface area contributed by atoms with Gasteiger partial charge in [0.05, 0.1) is 6.10 Å². The van der Waals surface area contributed by atoms with E-state index >= 15 is 0 Å². The van der Waals surface area contributed by atoms with Crippen molar-refractivity contribution >= 4 is 0 Å². The van der Waals surface area contributed by atoms with Crippen LogP contribution >= 0.6 is 0 Å². The Morgan fingerprint density at radius 2 is 1.56 bits per heavy atom. The maximum atomic E-state index is 6.33. The average Bonchev–Trinajstić information content (AvgIpc) is 3.11. The van der Waals surface area contributed by atoms with E-state index in [1.807, 2.05) is 0 Å². The summed E-state index contributed by atoms with van der Waals surface area (Å²) in [4.78, 5) is 0. The van der Waals surface area contributed by atoms with Crippen LogP contribution in [0.15, 0.2) is 0 Å². The molecule has 1 nitrogen and oxygen atoms in total. The van der Waals surface area contributed by atoms with Gasteiger partial charge in [-0.3, -0.25) is 0 Å². The van der Waals surface area contributed by atoms with Crippen LogP contribution in [0.1, 0.15) is 131 Å². The van der Waals surface area contributed by atoms with E-state index in [4.69, 9.17) is 4.74 Å². The second-order valence-corrected chi connectivity index (χ2v) is 13.8. The summed E-state index contributed by atoms with van der Waals surface area (Å²) < 4.78 is 6.33. The van der Waals surface area contributed by atoms with Crippen LogP contribution in [0.4, 0.5) is 0 Å². The monoisotopic (exact) mass is 444 g/mol. The minimum atomic E-state index is 0.563. The number of hydrogen-bond acceptors (Lipinski definition) is 1. The molecule has 4 rings (SSSR count). The fourth-order valence-electron chi connectivity index (χ4n) is 9.79. The van der Waals surface area contributed by atoms with Crippen LogP contribution in [0.5, 0.6) is 0 Å². The van der Waals surface area contributed by atoms with E-state index in [1.165, 1.54) is 83.5 Å². The second-order valence-electron chi connectivity index (χ2n) is 13.8. The van der Waals surface area contributed by atoms with E-state index < -0.39 is 0 Å². The molecule has 186 valence electrons. The maximum Gasteiger partial charge on any atom is 0.0578 e. The number of hydrogen-bond donors (Lipinski definition) is 0. The van der Waals surface area contributed by atoms with Crippen LogP contribution < -0.4 is 0 Å². The topological polar surface area (TPSA) is 9.23 Å².